The Bertz CT molecular complexity index is 387. The molecule has 15 heavy (non-hydrogen) atoms. The topological polar surface area (TPSA) is 46.9 Å². The van der Waals surface area contributed by atoms with Crippen molar-refractivity contribution in [3.8, 4) is 0 Å². The highest BCUT2D eigenvalue weighted by atomic mass is 16.1. The molecule has 0 spiro atoms. The summed E-state index contributed by atoms with van der Waals surface area (Å²) in [6, 6.07) is 0. The molecule has 1 aromatic heterocycles. The Kier molecular flexibility index (Phi) is 2.38. The summed E-state index contributed by atoms with van der Waals surface area (Å²) in [6.07, 6.45) is 1.84. The largest absolute Gasteiger partial charge is 0.311 e. The molecule has 0 unspecified atom stereocenters. The first-order valence-electron chi connectivity index (χ1n) is 5.31. The molecule has 0 bridgehead atoms. The van der Waals surface area contributed by atoms with Crippen molar-refractivity contribution in [2.24, 2.45) is 0 Å². The minimum Gasteiger partial charge on any atom is -0.311 e. The second kappa shape index (κ2) is 3.45. The van der Waals surface area contributed by atoms with E-state index in [1.165, 1.54) is 0 Å². The van der Waals surface area contributed by atoms with Gasteiger partial charge >= 0.3 is 0 Å². The summed E-state index contributed by atoms with van der Waals surface area (Å²) in [7, 11) is 0. The van der Waals surface area contributed by atoms with Gasteiger partial charge in [-0.05, 0) is 33.7 Å². The van der Waals surface area contributed by atoms with Crippen molar-refractivity contribution in [3.63, 3.8) is 0 Å². The zero-order valence-electron chi connectivity index (χ0n) is 9.50. The van der Waals surface area contributed by atoms with Gasteiger partial charge in [-0.2, -0.15) is 5.10 Å². The maximum absolute atomic E-state index is 11.1. The third kappa shape index (κ3) is 1.69. The predicted molar refractivity (Wildman–Crippen MR) is 58.0 cm³/mol. The Balaban J connectivity index is 2.56. The molecule has 0 amide bonds. The molecular weight excluding hydrogens is 190 g/mol. The molecule has 1 aliphatic rings. The lowest BCUT2D eigenvalue weighted by Gasteiger charge is -2.20. The third-order valence-electron chi connectivity index (χ3n) is 2.70. The van der Waals surface area contributed by atoms with Crippen LogP contribution in [0.1, 0.15) is 42.5 Å². The molecule has 4 nitrogen and oxygen atoms in total. The van der Waals surface area contributed by atoms with E-state index in [4.69, 9.17) is 0 Å². The van der Waals surface area contributed by atoms with Crippen LogP contribution < -0.4 is 5.32 Å². The van der Waals surface area contributed by atoms with E-state index in [2.05, 4.69) is 31.2 Å². The molecule has 82 valence electrons. The summed E-state index contributed by atoms with van der Waals surface area (Å²) in [5.74, 6) is 0. The van der Waals surface area contributed by atoms with Crippen LogP contribution in [0.5, 0.6) is 0 Å². The summed E-state index contributed by atoms with van der Waals surface area (Å²) in [5, 5.41) is 7.78. The van der Waals surface area contributed by atoms with Crippen LogP contribution in [0.2, 0.25) is 0 Å². The van der Waals surface area contributed by atoms with Gasteiger partial charge < -0.3 is 5.32 Å². The van der Waals surface area contributed by atoms with Crippen molar-refractivity contribution >= 4 is 6.29 Å². The van der Waals surface area contributed by atoms with E-state index in [1.807, 2.05) is 4.68 Å². The van der Waals surface area contributed by atoms with Crippen molar-refractivity contribution in [2.75, 3.05) is 6.54 Å². The minimum atomic E-state index is -0.131. The Morgan fingerprint density at radius 2 is 2.20 bits per heavy atom. The zero-order chi connectivity index (χ0) is 11.1. The Morgan fingerprint density at radius 1 is 1.47 bits per heavy atom. The van der Waals surface area contributed by atoms with Crippen LogP contribution in [0, 0.1) is 0 Å². The molecule has 0 atom stereocenters. The van der Waals surface area contributed by atoms with Crippen molar-refractivity contribution < 1.29 is 4.79 Å². The Labute approximate surface area is 89.7 Å². The number of fused-ring (bicyclic) bond motifs is 1. The van der Waals surface area contributed by atoms with Gasteiger partial charge in [0.1, 0.15) is 5.69 Å². The molecule has 1 aromatic rings. The Morgan fingerprint density at radius 3 is 2.80 bits per heavy atom. The maximum atomic E-state index is 11.1. The quantitative estimate of drug-likeness (QED) is 0.701. The number of carbonyl (C=O) groups is 1. The van der Waals surface area contributed by atoms with Crippen LogP contribution in [0.3, 0.4) is 0 Å². The lowest BCUT2D eigenvalue weighted by atomic mass is 10.0. The second-order valence-electron chi connectivity index (χ2n) is 4.94. The van der Waals surface area contributed by atoms with Crippen LogP contribution >= 0.6 is 0 Å². The van der Waals surface area contributed by atoms with E-state index < -0.39 is 0 Å². The first-order chi connectivity index (χ1) is 7.04. The van der Waals surface area contributed by atoms with E-state index >= 15 is 0 Å². The molecule has 4 heteroatoms. The summed E-state index contributed by atoms with van der Waals surface area (Å²) in [5.41, 5.74) is 2.77. The fourth-order valence-electron chi connectivity index (χ4n) is 1.98. The lowest BCUT2D eigenvalue weighted by Crippen LogP contribution is -2.25. The van der Waals surface area contributed by atoms with Gasteiger partial charge in [0.15, 0.2) is 6.29 Å². The molecule has 1 N–H and O–H groups in total. The fraction of sp³-hybridized carbons (Fsp3) is 0.636. The number of rotatable bonds is 1. The van der Waals surface area contributed by atoms with Crippen molar-refractivity contribution in [1.82, 2.24) is 15.1 Å². The molecule has 2 rings (SSSR count). The predicted octanol–water partition coefficient (Wildman–Crippen LogP) is 1.10. The summed E-state index contributed by atoms with van der Waals surface area (Å²) < 4.78 is 1.84. The van der Waals surface area contributed by atoms with Crippen molar-refractivity contribution in [1.29, 1.82) is 0 Å². The molecule has 0 saturated carbocycles. The summed E-state index contributed by atoms with van der Waals surface area (Å²) >= 11 is 0. The minimum absolute atomic E-state index is 0.131. The molecule has 2 heterocycles. The van der Waals surface area contributed by atoms with Crippen molar-refractivity contribution in [2.45, 2.75) is 39.3 Å². The Hall–Kier alpha value is -1.16. The molecule has 0 aliphatic carbocycles. The van der Waals surface area contributed by atoms with Gasteiger partial charge in [-0.15, -0.1) is 0 Å². The highest BCUT2D eigenvalue weighted by Gasteiger charge is 2.25. The normalized spacial score (nSPS) is 16.2. The van der Waals surface area contributed by atoms with Gasteiger partial charge in [-0.3, -0.25) is 9.48 Å². The SMILES string of the molecule is CC(C)(C)n1nc2c(c1C=O)CCNC2. The average molecular weight is 207 g/mol. The van der Waals surface area contributed by atoms with E-state index in [1.54, 1.807) is 0 Å². The molecule has 0 aromatic carbocycles. The summed E-state index contributed by atoms with van der Waals surface area (Å²) in [4.78, 5) is 11.1. The van der Waals surface area contributed by atoms with E-state index in [0.717, 1.165) is 42.7 Å². The van der Waals surface area contributed by atoms with Gasteiger partial charge in [0.05, 0.1) is 11.2 Å². The second-order valence-corrected chi connectivity index (χ2v) is 4.94. The van der Waals surface area contributed by atoms with Crippen LogP contribution in [-0.2, 0) is 18.5 Å². The standard InChI is InChI=1S/C11H17N3O/c1-11(2,3)14-10(7-15)8-4-5-12-6-9(8)13-14/h7,12H,4-6H2,1-3H3. The number of carbonyl (C=O) groups excluding carboxylic acids is 1. The first-order valence-corrected chi connectivity index (χ1v) is 5.31. The highest BCUT2D eigenvalue weighted by Crippen LogP contribution is 2.22. The number of hydrogen-bond acceptors (Lipinski definition) is 3. The van der Waals surface area contributed by atoms with Crippen molar-refractivity contribution in [3.05, 3.63) is 17.0 Å². The van der Waals surface area contributed by atoms with Gasteiger partial charge in [0.2, 0.25) is 0 Å². The molecule has 0 radical (unpaired) electrons. The zero-order valence-corrected chi connectivity index (χ0v) is 9.50. The maximum Gasteiger partial charge on any atom is 0.168 e. The number of nitrogens with one attached hydrogen (secondary N) is 1. The smallest absolute Gasteiger partial charge is 0.168 e. The molecule has 0 saturated heterocycles. The third-order valence-corrected chi connectivity index (χ3v) is 2.70. The van der Waals surface area contributed by atoms with Crippen LogP contribution in [0.25, 0.3) is 0 Å². The highest BCUT2D eigenvalue weighted by molar-refractivity contribution is 5.75. The van der Waals surface area contributed by atoms with Gasteiger partial charge in [-0.1, -0.05) is 0 Å². The van der Waals surface area contributed by atoms with E-state index in [-0.39, 0.29) is 5.54 Å². The number of aldehydes is 1. The molecule has 1 aliphatic heterocycles. The molecular formula is C11H17N3O. The monoisotopic (exact) mass is 207 g/mol. The van der Waals surface area contributed by atoms with E-state index in [9.17, 15) is 4.79 Å². The van der Waals surface area contributed by atoms with Gasteiger partial charge in [0.25, 0.3) is 0 Å². The number of hydrogen-bond donors (Lipinski definition) is 1. The van der Waals surface area contributed by atoms with Crippen LogP contribution in [0.15, 0.2) is 0 Å². The van der Waals surface area contributed by atoms with E-state index in [0.29, 0.717) is 0 Å². The fourth-order valence-corrected chi connectivity index (χ4v) is 1.98. The van der Waals surface area contributed by atoms with Crippen LogP contribution in [-0.4, -0.2) is 22.6 Å². The summed E-state index contributed by atoms with van der Waals surface area (Å²) in [6.45, 7) is 7.90. The molecule has 0 fully saturated rings. The first kappa shape index (κ1) is 10.4. The van der Waals surface area contributed by atoms with Gasteiger partial charge in [0, 0.05) is 12.1 Å². The average Bonchev–Trinajstić information content (AvgIpc) is 2.55. The lowest BCUT2D eigenvalue weighted by molar-refractivity contribution is 0.110. The number of aromatic nitrogens is 2. The van der Waals surface area contributed by atoms with Gasteiger partial charge in [-0.25, -0.2) is 0 Å². The van der Waals surface area contributed by atoms with Crippen LogP contribution in [0.4, 0.5) is 0 Å². The number of nitrogens with zero attached hydrogens (tertiary/aromatic N) is 2.